The number of allylic oxidation sites excluding steroid dienone is 1. The van der Waals surface area contributed by atoms with Crippen LogP contribution in [0.4, 0.5) is 4.39 Å². The topological polar surface area (TPSA) is 17.1 Å². The van der Waals surface area contributed by atoms with E-state index in [0.29, 0.717) is 16.7 Å². The van der Waals surface area contributed by atoms with Gasteiger partial charge in [0.25, 0.3) is 0 Å². The molecule has 0 atom stereocenters. The second-order valence-corrected chi connectivity index (χ2v) is 2.99. The fraction of sp³-hybridized carbons (Fsp3) is 0.182. The second-order valence-electron chi connectivity index (χ2n) is 2.99. The van der Waals surface area contributed by atoms with E-state index in [0.717, 1.165) is 0 Å². The van der Waals surface area contributed by atoms with Crippen LogP contribution in [0.15, 0.2) is 24.8 Å². The second kappa shape index (κ2) is 3.52. The molecule has 13 heavy (non-hydrogen) atoms. The fourth-order valence-corrected chi connectivity index (χ4v) is 1.21. The molecule has 0 radical (unpaired) electrons. The van der Waals surface area contributed by atoms with Crippen molar-refractivity contribution in [2.75, 3.05) is 0 Å². The molecule has 2 heteroatoms. The maximum Gasteiger partial charge on any atom is 0.185 e. The van der Waals surface area contributed by atoms with Crippen LogP contribution in [0.2, 0.25) is 0 Å². The molecule has 0 bridgehead atoms. The highest BCUT2D eigenvalue weighted by Gasteiger charge is 2.07. The normalized spacial score (nSPS) is 9.77. The van der Waals surface area contributed by atoms with Gasteiger partial charge in [-0.15, -0.1) is 0 Å². The number of benzene rings is 1. The van der Waals surface area contributed by atoms with E-state index in [2.05, 4.69) is 6.58 Å². The summed E-state index contributed by atoms with van der Waals surface area (Å²) < 4.78 is 13.1. The number of carbonyl (C=O) groups excluding carboxylic acids is 1. The molecule has 1 aromatic rings. The van der Waals surface area contributed by atoms with Crippen molar-refractivity contribution in [3.8, 4) is 0 Å². The van der Waals surface area contributed by atoms with Crippen molar-refractivity contribution < 1.29 is 9.18 Å². The Morgan fingerprint density at radius 1 is 1.38 bits per heavy atom. The molecule has 0 spiro atoms. The van der Waals surface area contributed by atoms with Crippen LogP contribution < -0.4 is 0 Å². The first-order valence-corrected chi connectivity index (χ1v) is 3.99. The number of halogens is 1. The first-order chi connectivity index (χ1) is 6.06. The Morgan fingerprint density at radius 2 is 1.85 bits per heavy atom. The number of hydrogen-bond acceptors (Lipinski definition) is 1. The molecular weight excluding hydrogens is 167 g/mol. The SMILES string of the molecule is C=CC(=O)c1cc(C)c(F)c(C)c1. The molecule has 0 unspecified atom stereocenters. The minimum absolute atomic E-state index is 0.175. The molecule has 0 fully saturated rings. The van der Waals surface area contributed by atoms with Gasteiger partial charge in [0.05, 0.1) is 0 Å². The van der Waals surface area contributed by atoms with Crippen molar-refractivity contribution in [1.29, 1.82) is 0 Å². The molecule has 1 nitrogen and oxygen atoms in total. The summed E-state index contributed by atoms with van der Waals surface area (Å²) in [6.07, 6.45) is 1.23. The van der Waals surface area contributed by atoms with Crippen molar-refractivity contribution in [3.05, 3.63) is 47.3 Å². The number of carbonyl (C=O) groups is 1. The fourth-order valence-electron chi connectivity index (χ4n) is 1.21. The van der Waals surface area contributed by atoms with Crippen molar-refractivity contribution in [1.82, 2.24) is 0 Å². The van der Waals surface area contributed by atoms with E-state index in [-0.39, 0.29) is 11.6 Å². The Labute approximate surface area is 76.9 Å². The van der Waals surface area contributed by atoms with E-state index in [4.69, 9.17) is 0 Å². The summed E-state index contributed by atoms with van der Waals surface area (Å²) in [4.78, 5) is 11.2. The van der Waals surface area contributed by atoms with Crippen LogP contribution >= 0.6 is 0 Å². The predicted molar refractivity (Wildman–Crippen MR) is 50.4 cm³/mol. The third-order valence-corrected chi connectivity index (χ3v) is 1.91. The molecule has 0 saturated carbocycles. The molecule has 1 rings (SSSR count). The molecule has 0 heterocycles. The highest BCUT2D eigenvalue weighted by atomic mass is 19.1. The first-order valence-electron chi connectivity index (χ1n) is 3.99. The zero-order valence-corrected chi connectivity index (χ0v) is 7.73. The van der Waals surface area contributed by atoms with Crippen LogP contribution in [0.5, 0.6) is 0 Å². The summed E-state index contributed by atoms with van der Waals surface area (Å²) in [7, 11) is 0. The number of aryl methyl sites for hydroxylation is 2. The van der Waals surface area contributed by atoms with Gasteiger partial charge in [-0.2, -0.15) is 0 Å². The van der Waals surface area contributed by atoms with Gasteiger partial charge in [0.2, 0.25) is 0 Å². The Kier molecular flexibility index (Phi) is 2.61. The predicted octanol–water partition coefficient (Wildman–Crippen LogP) is 2.81. The standard InChI is InChI=1S/C11H11FO/c1-4-10(13)9-5-7(2)11(12)8(3)6-9/h4-6H,1H2,2-3H3. The smallest absolute Gasteiger partial charge is 0.185 e. The van der Waals surface area contributed by atoms with Crippen LogP contribution in [-0.4, -0.2) is 5.78 Å². The summed E-state index contributed by atoms with van der Waals surface area (Å²) in [5, 5.41) is 0. The first kappa shape index (κ1) is 9.65. The zero-order valence-electron chi connectivity index (χ0n) is 7.73. The lowest BCUT2D eigenvalue weighted by Crippen LogP contribution is -1.98. The highest BCUT2D eigenvalue weighted by Crippen LogP contribution is 2.15. The van der Waals surface area contributed by atoms with Gasteiger partial charge in [0.15, 0.2) is 5.78 Å². The minimum atomic E-state index is -0.249. The van der Waals surface area contributed by atoms with E-state index >= 15 is 0 Å². The molecule has 1 aromatic carbocycles. The molecule has 0 aromatic heterocycles. The zero-order chi connectivity index (χ0) is 10.0. The summed E-state index contributed by atoms with van der Waals surface area (Å²) >= 11 is 0. The monoisotopic (exact) mass is 178 g/mol. The highest BCUT2D eigenvalue weighted by molar-refractivity contribution is 6.04. The summed E-state index contributed by atoms with van der Waals surface area (Å²) in [6.45, 7) is 6.66. The van der Waals surface area contributed by atoms with Gasteiger partial charge in [0, 0.05) is 5.56 Å². The van der Waals surface area contributed by atoms with Gasteiger partial charge in [-0.3, -0.25) is 4.79 Å². The van der Waals surface area contributed by atoms with Crippen LogP contribution in [0.25, 0.3) is 0 Å². The molecule has 0 saturated heterocycles. The van der Waals surface area contributed by atoms with Crippen LogP contribution in [0.1, 0.15) is 21.5 Å². The Morgan fingerprint density at radius 3 is 2.23 bits per heavy atom. The van der Waals surface area contributed by atoms with Gasteiger partial charge < -0.3 is 0 Å². The van der Waals surface area contributed by atoms with Gasteiger partial charge in [-0.05, 0) is 43.2 Å². The van der Waals surface area contributed by atoms with Crippen molar-refractivity contribution in [2.45, 2.75) is 13.8 Å². The maximum absolute atomic E-state index is 13.1. The van der Waals surface area contributed by atoms with Crippen molar-refractivity contribution >= 4 is 5.78 Å². The quantitative estimate of drug-likeness (QED) is 0.502. The van der Waals surface area contributed by atoms with Gasteiger partial charge in [0.1, 0.15) is 5.82 Å². The molecule has 0 aliphatic rings. The Balaban J connectivity index is 3.28. The van der Waals surface area contributed by atoms with E-state index in [9.17, 15) is 9.18 Å². The Bertz CT molecular complexity index is 343. The minimum Gasteiger partial charge on any atom is -0.289 e. The van der Waals surface area contributed by atoms with Crippen molar-refractivity contribution in [2.24, 2.45) is 0 Å². The van der Waals surface area contributed by atoms with E-state index in [1.807, 2.05) is 0 Å². The van der Waals surface area contributed by atoms with E-state index in [1.165, 1.54) is 18.2 Å². The summed E-state index contributed by atoms with van der Waals surface area (Å²) in [6, 6.07) is 3.07. The number of hydrogen-bond donors (Lipinski definition) is 0. The van der Waals surface area contributed by atoms with Gasteiger partial charge in [-0.1, -0.05) is 6.58 Å². The summed E-state index contributed by atoms with van der Waals surface area (Å²) in [5.41, 5.74) is 1.47. The molecular formula is C11H11FO. The lowest BCUT2D eigenvalue weighted by atomic mass is 10.0. The van der Waals surface area contributed by atoms with Crippen LogP contribution in [-0.2, 0) is 0 Å². The third kappa shape index (κ3) is 1.83. The molecule has 0 N–H and O–H groups in total. The lowest BCUT2D eigenvalue weighted by Gasteiger charge is -2.03. The van der Waals surface area contributed by atoms with Gasteiger partial charge in [-0.25, -0.2) is 4.39 Å². The molecule has 68 valence electrons. The average molecular weight is 178 g/mol. The largest absolute Gasteiger partial charge is 0.289 e. The van der Waals surface area contributed by atoms with Crippen LogP contribution in [0.3, 0.4) is 0 Å². The lowest BCUT2D eigenvalue weighted by molar-refractivity contribution is 0.104. The maximum atomic E-state index is 13.1. The molecule has 0 amide bonds. The van der Waals surface area contributed by atoms with Crippen LogP contribution in [0, 0.1) is 19.7 Å². The average Bonchev–Trinajstić information content (AvgIpc) is 2.12. The Hall–Kier alpha value is -1.44. The molecule has 0 aliphatic heterocycles. The number of ketones is 1. The van der Waals surface area contributed by atoms with Crippen molar-refractivity contribution in [3.63, 3.8) is 0 Å². The third-order valence-electron chi connectivity index (χ3n) is 1.91. The van der Waals surface area contributed by atoms with E-state index < -0.39 is 0 Å². The van der Waals surface area contributed by atoms with Gasteiger partial charge >= 0.3 is 0 Å². The summed E-state index contributed by atoms with van der Waals surface area (Å²) in [5.74, 6) is -0.424. The number of rotatable bonds is 2. The molecule has 0 aliphatic carbocycles. The van der Waals surface area contributed by atoms with E-state index in [1.54, 1.807) is 13.8 Å².